The van der Waals surface area contributed by atoms with Crippen LogP contribution in [0.5, 0.6) is 0 Å². The highest BCUT2D eigenvalue weighted by Gasteiger charge is 2.48. The van der Waals surface area contributed by atoms with Crippen molar-refractivity contribution in [2.45, 2.75) is 12.8 Å². The van der Waals surface area contributed by atoms with Crippen molar-refractivity contribution in [1.82, 2.24) is 0 Å². The van der Waals surface area contributed by atoms with Gasteiger partial charge < -0.3 is 9.90 Å². The molecule has 6 heteroatoms. The van der Waals surface area contributed by atoms with Gasteiger partial charge in [-0.1, -0.05) is 0 Å². The highest BCUT2D eigenvalue weighted by Crippen LogP contribution is 2.20. The molecular formula is C7H7NO5. The first-order valence-electron chi connectivity index (χ1n) is 3.55. The molecule has 0 aliphatic carbocycles. The predicted molar refractivity (Wildman–Crippen MR) is 35.4 cm³/mol. The van der Waals surface area contributed by atoms with Gasteiger partial charge in [-0.15, -0.1) is 0 Å². The molecule has 13 heavy (non-hydrogen) atoms. The number of carbonyl (C=O) groups excluding carboxylic acids is 3. The van der Waals surface area contributed by atoms with Crippen LogP contribution in [0.1, 0.15) is 12.8 Å². The van der Waals surface area contributed by atoms with Gasteiger partial charge in [0.15, 0.2) is 0 Å². The van der Waals surface area contributed by atoms with Crippen molar-refractivity contribution < 1.29 is 29.3 Å². The topological polar surface area (TPSA) is 94.5 Å². The van der Waals surface area contributed by atoms with Crippen LogP contribution in [0.2, 0.25) is 0 Å². The number of amides is 2. The molecule has 0 radical (unpaired) electrons. The van der Waals surface area contributed by atoms with Crippen LogP contribution in [0, 0.1) is 0 Å². The first-order chi connectivity index (χ1) is 5.97. The SMILES string of the molecule is O=C([O-])C=C[N+]1(O)C(=O)CCC1=O. The summed E-state index contributed by atoms with van der Waals surface area (Å²) >= 11 is 0. The number of aliphatic carboxylic acids is 1. The number of hydroxylamine groups is 3. The average molecular weight is 185 g/mol. The summed E-state index contributed by atoms with van der Waals surface area (Å²) < 4.78 is -1.56. The van der Waals surface area contributed by atoms with Gasteiger partial charge in [-0.2, -0.15) is 5.21 Å². The van der Waals surface area contributed by atoms with Crippen LogP contribution >= 0.6 is 0 Å². The maximum absolute atomic E-state index is 11.0. The van der Waals surface area contributed by atoms with E-state index < -0.39 is 22.4 Å². The van der Waals surface area contributed by atoms with Crippen molar-refractivity contribution in [2.75, 3.05) is 0 Å². The van der Waals surface area contributed by atoms with E-state index in [1.165, 1.54) is 0 Å². The predicted octanol–water partition coefficient (Wildman–Crippen LogP) is -1.70. The fraction of sp³-hybridized carbons (Fsp3) is 0.286. The number of hydrogen-bond donors (Lipinski definition) is 1. The Hall–Kier alpha value is -1.53. The minimum atomic E-state index is -1.57. The number of likely N-dealkylation sites (tertiary alicyclic amines) is 1. The fourth-order valence-corrected chi connectivity index (χ4v) is 1.03. The minimum absolute atomic E-state index is 0.0767. The highest BCUT2D eigenvalue weighted by atomic mass is 16.6. The molecule has 70 valence electrons. The van der Waals surface area contributed by atoms with Gasteiger partial charge in [0.2, 0.25) is 0 Å². The van der Waals surface area contributed by atoms with Gasteiger partial charge in [0.25, 0.3) is 0 Å². The van der Waals surface area contributed by atoms with E-state index in [4.69, 9.17) is 0 Å². The number of carboxylic acids is 1. The van der Waals surface area contributed by atoms with Crippen LogP contribution in [0.3, 0.4) is 0 Å². The number of carbonyl (C=O) groups is 3. The molecular weight excluding hydrogens is 178 g/mol. The molecule has 6 nitrogen and oxygen atoms in total. The van der Waals surface area contributed by atoms with Crippen molar-refractivity contribution in [3.05, 3.63) is 12.3 Å². The van der Waals surface area contributed by atoms with E-state index in [1.807, 2.05) is 0 Å². The largest absolute Gasteiger partial charge is 0.545 e. The Bertz CT molecular complexity index is 290. The maximum Gasteiger partial charge on any atom is 0.358 e. The van der Waals surface area contributed by atoms with Crippen LogP contribution in [0.15, 0.2) is 12.3 Å². The zero-order valence-electron chi connectivity index (χ0n) is 6.60. The molecule has 0 unspecified atom stereocenters. The van der Waals surface area contributed by atoms with Gasteiger partial charge in [-0.25, -0.2) is 9.59 Å². The summed E-state index contributed by atoms with van der Waals surface area (Å²) in [5.74, 6) is -3.04. The van der Waals surface area contributed by atoms with E-state index in [1.54, 1.807) is 0 Å². The number of carboxylic acid groups (broad SMARTS) is 1. The lowest BCUT2D eigenvalue weighted by molar-refractivity contribution is -0.928. The molecule has 1 fully saturated rings. The summed E-state index contributed by atoms with van der Waals surface area (Å²) in [6.07, 6.45) is 0.910. The van der Waals surface area contributed by atoms with E-state index >= 15 is 0 Å². The standard InChI is InChI=1S/C7H7NO5/c9-5-1-2-6(10)8(5,13)4-3-7(11)12/h3-4,13H,1-2H2. The first kappa shape index (κ1) is 9.56. The number of nitrogens with zero attached hydrogens (tertiary/aromatic N) is 1. The molecule has 0 atom stereocenters. The van der Waals surface area contributed by atoms with Crippen molar-refractivity contribution in [3.8, 4) is 0 Å². The first-order valence-corrected chi connectivity index (χ1v) is 3.55. The van der Waals surface area contributed by atoms with E-state index in [-0.39, 0.29) is 12.8 Å². The van der Waals surface area contributed by atoms with Crippen LogP contribution < -0.4 is 5.11 Å². The Morgan fingerprint density at radius 2 is 1.85 bits per heavy atom. The number of rotatable bonds is 2. The van der Waals surface area contributed by atoms with Crippen molar-refractivity contribution in [1.29, 1.82) is 0 Å². The average Bonchev–Trinajstić information content (AvgIpc) is 2.31. The van der Waals surface area contributed by atoms with E-state index in [9.17, 15) is 24.7 Å². The van der Waals surface area contributed by atoms with Crippen LogP contribution in [0.4, 0.5) is 0 Å². The summed E-state index contributed by atoms with van der Waals surface area (Å²) in [7, 11) is 0. The lowest BCUT2D eigenvalue weighted by atomic mass is 10.4. The Morgan fingerprint density at radius 1 is 1.38 bits per heavy atom. The van der Waals surface area contributed by atoms with Crippen LogP contribution in [-0.2, 0) is 14.4 Å². The van der Waals surface area contributed by atoms with Gasteiger partial charge in [0, 0.05) is 6.08 Å². The van der Waals surface area contributed by atoms with Crippen LogP contribution in [0.25, 0.3) is 0 Å². The molecule has 1 aliphatic rings. The number of quaternary nitrogens is 1. The molecule has 0 aromatic carbocycles. The number of imide groups is 1. The zero-order valence-corrected chi connectivity index (χ0v) is 6.60. The highest BCUT2D eigenvalue weighted by molar-refractivity contribution is 5.92. The van der Waals surface area contributed by atoms with Crippen molar-refractivity contribution >= 4 is 17.8 Å². The Balaban J connectivity index is 2.92. The zero-order chi connectivity index (χ0) is 10.1. The van der Waals surface area contributed by atoms with E-state index in [0.717, 1.165) is 0 Å². The third-order valence-electron chi connectivity index (χ3n) is 1.74. The molecule has 0 bridgehead atoms. The summed E-state index contributed by atoms with van der Waals surface area (Å²) in [6, 6.07) is 0. The van der Waals surface area contributed by atoms with Crippen LogP contribution in [-0.4, -0.2) is 27.6 Å². The monoisotopic (exact) mass is 185 g/mol. The maximum atomic E-state index is 11.0. The van der Waals surface area contributed by atoms with Crippen molar-refractivity contribution in [3.63, 3.8) is 0 Å². The lowest BCUT2D eigenvalue weighted by Gasteiger charge is -2.12. The second-order valence-electron chi connectivity index (χ2n) is 2.61. The molecule has 0 saturated carbocycles. The summed E-state index contributed by atoms with van der Waals surface area (Å²) in [6.45, 7) is 0. The molecule has 0 aromatic heterocycles. The molecule has 1 heterocycles. The summed E-state index contributed by atoms with van der Waals surface area (Å²) in [4.78, 5) is 31.9. The second kappa shape index (κ2) is 3.08. The lowest BCUT2D eigenvalue weighted by Crippen LogP contribution is -2.44. The Labute approximate surface area is 73.2 Å². The van der Waals surface area contributed by atoms with Gasteiger partial charge in [-0.05, 0) is 4.65 Å². The molecule has 1 saturated heterocycles. The summed E-state index contributed by atoms with van der Waals surface area (Å²) in [5.41, 5.74) is 0. The van der Waals surface area contributed by atoms with Gasteiger partial charge >= 0.3 is 11.8 Å². The van der Waals surface area contributed by atoms with Gasteiger partial charge in [-0.3, -0.25) is 0 Å². The van der Waals surface area contributed by atoms with Gasteiger partial charge in [0.05, 0.1) is 18.8 Å². The molecule has 1 N–H and O–H groups in total. The number of hydrogen-bond acceptors (Lipinski definition) is 5. The molecule has 0 spiro atoms. The quantitative estimate of drug-likeness (QED) is 0.239. The molecule has 2 amide bonds. The summed E-state index contributed by atoms with van der Waals surface area (Å²) in [5, 5.41) is 19.3. The van der Waals surface area contributed by atoms with E-state index in [2.05, 4.69) is 0 Å². The third-order valence-corrected chi connectivity index (χ3v) is 1.74. The fourth-order valence-electron chi connectivity index (χ4n) is 1.03. The minimum Gasteiger partial charge on any atom is -0.545 e. The Morgan fingerprint density at radius 3 is 2.23 bits per heavy atom. The molecule has 1 rings (SSSR count). The van der Waals surface area contributed by atoms with E-state index in [0.29, 0.717) is 12.3 Å². The molecule has 1 aliphatic heterocycles. The van der Waals surface area contributed by atoms with Gasteiger partial charge in [0.1, 0.15) is 6.20 Å². The normalized spacial score (nSPS) is 21.3. The third kappa shape index (κ3) is 1.63. The smallest absolute Gasteiger partial charge is 0.358 e. The Kier molecular flexibility index (Phi) is 2.26. The molecule has 0 aromatic rings. The second-order valence-corrected chi connectivity index (χ2v) is 2.61. The van der Waals surface area contributed by atoms with Crippen molar-refractivity contribution in [2.24, 2.45) is 0 Å².